The number of alkyl carbamates (subject to hydrolysis) is 1. The van der Waals surface area contributed by atoms with Crippen LogP contribution in [-0.2, 0) is 14.3 Å². The number of amides is 3. The number of unbranched alkanes of at least 4 members (excludes halogenated alkanes) is 4. The maximum Gasteiger partial charge on any atom is 0.407 e. The van der Waals surface area contributed by atoms with Crippen molar-refractivity contribution in [3.63, 3.8) is 0 Å². The minimum absolute atomic E-state index is 0.0175. The normalized spacial score (nSPS) is 21.3. The summed E-state index contributed by atoms with van der Waals surface area (Å²) >= 11 is 0. The molecule has 2 atom stereocenters. The van der Waals surface area contributed by atoms with Gasteiger partial charge in [0.1, 0.15) is 11.6 Å². The minimum atomic E-state index is -0.475. The van der Waals surface area contributed by atoms with Crippen LogP contribution in [0.4, 0.5) is 4.79 Å². The summed E-state index contributed by atoms with van der Waals surface area (Å²) in [6.07, 6.45) is 4.70. The van der Waals surface area contributed by atoms with Crippen molar-refractivity contribution >= 4 is 39.5 Å². The van der Waals surface area contributed by atoms with Gasteiger partial charge in [-0.25, -0.2) is 4.79 Å². The van der Waals surface area contributed by atoms with E-state index >= 15 is 0 Å². The van der Waals surface area contributed by atoms with Crippen LogP contribution >= 0.6 is 21.6 Å². The Kier molecular flexibility index (Phi) is 8.34. The number of rotatable bonds is 9. The van der Waals surface area contributed by atoms with E-state index in [1.54, 1.807) is 21.6 Å². The van der Waals surface area contributed by atoms with Crippen LogP contribution in [0.5, 0.6) is 0 Å². The van der Waals surface area contributed by atoms with Crippen molar-refractivity contribution in [2.75, 3.05) is 6.54 Å². The standard InChI is InChI=1S/C18H29N3O4S2/c1-18(2,3)25-17(24)19-10-8-6-4-5-7-9-13(22)21-14-15-12(11-26-27-15)20-16(14)23/h11,14-15H,4-10H2,1-3H3,(H,19,24)(H,20,23)(H,21,22). The second kappa shape index (κ2) is 10.3. The van der Waals surface area contributed by atoms with Crippen LogP contribution in [0.1, 0.15) is 59.3 Å². The zero-order valence-electron chi connectivity index (χ0n) is 16.1. The van der Waals surface area contributed by atoms with Gasteiger partial charge in [0.2, 0.25) is 11.8 Å². The zero-order chi connectivity index (χ0) is 19.9. The first-order chi connectivity index (χ1) is 12.8. The molecular formula is C18H29N3O4S2. The van der Waals surface area contributed by atoms with Crippen LogP contribution in [-0.4, -0.2) is 41.3 Å². The fourth-order valence-electron chi connectivity index (χ4n) is 2.78. The van der Waals surface area contributed by atoms with Gasteiger partial charge < -0.3 is 20.7 Å². The minimum Gasteiger partial charge on any atom is -0.444 e. The largest absolute Gasteiger partial charge is 0.444 e. The van der Waals surface area contributed by atoms with E-state index in [0.717, 1.165) is 37.8 Å². The lowest BCUT2D eigenvalue weighted by Gasteiger charge is -2.19. The van der Waals surface area contributed by atoms with Gasteiger partial charge in [-0.2, -0.15) is 0 Å². The predicted molar refractivity (Wildman–Crippen MR) is 109 cm³/mol. The van der Waals surface area contributed by atoms with Gasteiger partial charge in [0.05, 0.1) is 5.25 Å². The van der Waals surface area contributed by atoms with Crippen LogP contribution in [0.2, 0.25) is 0 Å². The van der Waals surface area contributed by atoms with Crippen molar-refractivity contribution in [3.05, 3.63) is 11.1 Å². The molecule has 9 heteroatoms. The molecule has 0 saturated carbocycles. The van der Waals surface area contributed by atoms with Crippen molar-refractivity contribution in [3.8, 4) is 0 Å². The number of hydrogen-bond donors (Lipinski definition) is 3. The Labute approximate surface area is 168 Å². The molecule has 1 fully saturated rings. The van der Waals surface area contributed by atoms with E-state index in [1.165, 1.54) is 0 Å². The molecule has 27 heavy (non-hydrogen) atoms. The molecule has 0 spiro atoms. The van der Waals surface area contributed by atoms with Gasteiger partial charge in [0, 0.05) is 24.1 Å². The van der Waals surface area contributed by atoms with E-state index in [9.17, 15) is 14.4 Å². The molecule has 0 radical (unpaired) electrons. The molecule has 0 aliphatic carbocycles. The van der Waals surface area contributed by atoms with E-state index in [2.05, 4.69) is 16.0 Å². The molecule has 2 heterocycles. The summed E-state index contributed by atoms with van der Waals surface area (Å²) in [6.45, 7) is 6.11. The summed E-state index contributed by atoms with van der Waals surface area (Å²) in [5.74, 6) is -0.189. The fraction of sp³-hybridized carbons (Fsp3) is 0.722. The Bertz CT molecular complexity index is 590. The quantitative estimate of drug-likeness (QED) is 0.396. The third-order valence-corrected chi connectivity index (χ3v) is 6.50. The van der Waals surface area contributed by atoms with Crippen LogP contribution in [0.25, 0.3) is 0 Å². The summed E-state index contributed by atoms with van der Waals surface area (Å²) in [5.41, 5.74) is 0.428. The molecule has 0 bridgehead atoms. The third kappa shape index (κ3) is 7.65. The average Bonchev–Trinajstić information content (AvgIpc) is 3.11. The highest BCUT2D eigenvalue weighted by Crippen LogP contribution is 2.43. The Morgan fingerprint density at radius 3 is 2.63 bits per heavy atom. The lowest BCUT2D eigenvalue weighted by atomic mass is 10.1. The van der Waals surface area contributed by atoms with Crippen LogP contribution < -0.4 is 16.0 Å². The highest BCUT2D eigenvalue weighted by atomic mass is 33.1. The Morgan fingerprint density at radius 2 is 1.89 bits per heavy atom. The summed E-state index contributed by atoms with van der Waals surface area (Å²) in [5, 5.41) is 10.4. The number of fused-ring (bicyclic) bond motifs is 1. The smallest absolute Gasteiger partial charge is 0.407 e. The van der Waals surface area contributed by atoms with E-state index in [1.807, 2.05) is 26.2 Å². The van der Waals surface area contributed by atoms with Crippen molar-refractivity contribution in [1.29, 1.82) is 0 Å². The molecule has 0 aromatic heterocycles. The van der Waals surface area contributed by atoms with Crippen LogP contribution in [0, 0.1) is 0 Å². The second-order valence-electron chi connectivity index (χ2n) is 7.67. The monoisotopic (exact) mass is 415 g/mol. The van der Waals surface area contributed by atoms with E-state index in [-0.39, 0.29) is 23.2 Å². The number of nitrogens with one attached hydrogen (secondary N) is 3. The highest BCUT2D eigenvalue weighted by molar-refractivity contribution is 8.78. The molecule has 2 rings (SSSR count). The van der Waals surface area contributed by atoms with Gasteiger partial charge in [-0.05, 0) is 33.6 Å². The Morgan fingerprint density at radius 1 is 1.19 bits per heavy atom. The molecule has 2 aliphatic heterocycles. The highest BCUT2D eigenvalue weighted by Gasteiger charge is 2.42. The molecule has 3 amide bonds. The molecule has 2 aliphatic rings. The van der Waals surface area contributed by atoms with Gasteiger partial charge in [-0.3, -0.25) is 9.59 Å². The van der Waals surface area contributed by atoms with E-state index in [4.69, 9.17) is 4.74 Å². The first kappa shape index (κ1) is 21.9. The number of ether oxygens (including phenoxy) is 1. The summed E-state index contributed by atoms with van der Waals surface area (Å²) in [4.78, 5) is 35.5. The summed E-state index contributed by atoms with van der Waals surface area (Å²) in [7, 11) is 3.19. The summed E-state index contributed by atoms with van der Waals surface area (Å²) in [6, 6.07) is -0.456. The molecule has 7 nitrogen and oxygen atoms in total. The van der Waals surface area contributed by atoms with E-state index in [0.29, 0.717) is 13.0 Å². The SMILES string of the molecule is CC(C)(C)OC(=O)NCCCCCCCC(=O)NC1C(=O)NC2=CSSC21. The zero-order valence-corrected chi connectivity index (χ0v) is 17.8. The first-order valence-corrected chi connectivity index (χ1v) is 11.6. The van der Waals surface area contributed by atoms with Crippen molar-refractivity contribution in [2.24, 2.45) is 0 Å². The molecule has 1 saturated heterocycles. The molecular weight excluding hydrogens is 386 g/mol. The van der Waals surface area contributed by atoms with Gasteiger partial charge >= 0.3 is 6.09 Å². The molecule has 3 N–H and O–H groups in total. The Hall–Kier alpha value is -1.35. The second-order valence-corrected chi connectivity index (χ2v) is 9.95. The third-order valence-electron chi connectivity index (χ3n) is 4.06. The fourth-order valence-corrected chi connectivity index (χ4v) is 5.37. The maximum absolute atomic E-state index is 12.1. The predicted octanol–water partition coefficient (Wildman–Crippen LogP) is 3.07. The van der Waals surface area contributed by atoms with Gasteiger partial charge in [0.25, 0.3) is 0 Å². The Balaban J connectivity index is 1.47. The van der Waals surface area contributed by atoms with Crippen molar-refractivity contribution in [2.45, 2.75) is 76.2 Å². The van der Waals surface area contributed by atoms with Gasteiger partial charge in [-0.1, -0.05) is 40.9 Å². The molecule has 2 unspecified atom stereocenters. The number of carbonyl (C=O) groups excluding carboxylic acids is 3. The van der Waals surface area contributed by atoms with Crippen molar-refractivity contribution < 1.29 is 19.1 Å². The average molecular weight is 416 g/mol. The topological polar surface area (TPSA) is 96.5 Å². The maximum atomic E-state index is 12.1. The van der Waals surface area contributed by atoms with Crippen LogP contribution in [0.3, 0.4) is 0 Å². The van der Waals surface area contributed by atoms with Crippen LogP contribution in [0.15, 0.2) is 11.1 Å². The summed E-state index contributed by atoms with van der Waals surface area (Å²) < 4.78 is 5.17. The number of carbonyl (C=O) groups is 3. The molecule has 0 aromatic rings. The lowest BCUT2D eigenvalue weighted by molar-refractivity contribution is -0.127. The van der Waals surface area contributed by atoms with Gasteiger partial charge in [-0.15, -0.1) is 0 Å². The van der Waals surface area contributed by atoms with Crippen molar-refractivity contribution in [1.82, 2.24) is 16.0 Å². The lowest BCUT2D eigenvalue weighted by Crippen LogP contribution is -2.44. The van der Waals surface area contributed by atoms with Gasteiger partial charge in [0.15, 0.2) is 0 Å². The number of hydrogen-bond acceptors (Lipinski definition) is 6. The molecule has 152 valence electrons. The van der Waals surface area contributed by atoms with E-state index < -0.39 is 11.6 Å². The molecule has 0 aromatic carbocycles. The first-order valence-electron chi connectivity index (χ1n) is 9.35.